The predicted octanol–water partition coefficient (Wildman–Crippen LogP) is 6.37. The van der Waals surface area contributed by atoms with E-state index in [-0.39, 0.29) is 5.91 Å². The Morgan fingerprint density at radius 3 is 2.57 bits per heavy atom. The van der Waals surface area contributed by atoms with Gasteiger partial charge in [-0.3, -0.25) is 9.69 Å². The van der Waals surface area contributed by atoms with Crippen molar-refractivity contribution in [2.24, 2.45) is 5.92 Å². The average molecular weight is 567 g/mol. The lowest BCUT2D eigenvalue weighted by Gasteiger charge is -2.48. The standard InChI is InChI=1S/C34H38N4O4/c1-23(2)22-37-29-16-13-24(21-30(29)38-31(39)12-8-17-34(37,38)26-10-6-5-7-11-26)32-35-27-20-25(33(40)42-4)14-15-28(27)36(32)18-9-19-41-3/h5-7,10-11,13-16,20-21,23H,8-9,12,17-19,22H2,1-4H3. The van der Waals surface area contributed by atoms with Gasteiger partial charge < -0.3 is 18.9 Å². The van der Waals surface area contributed by atoms with E-state index >= 15 is 0 Å². The van der Waals surface area contributed by atoms with Gasteiger partial charge in [0.05, 0.1) is 35.1 Å². The van der Waals surface area contributed by atoms with Crippen molar-refractivity contribution in [3.63, 3.8) is 0 Å². The van der Waals surface area contributed by atoms with Gasteiger partial charge in [0.1, 0.15) is 11.5 Å². The molecule has 6 rings (SSSR count). The molecule has 1 amide bonds. The maximum atomic E-state index is 13.8. The first-order valence-electron chi connectivity index (χ1n) is 14.8. The van der Waals surface area contributed by atoms with Gasteiger partial charge in [-0.15, -0.1) is 0 Å². The number of piperidine rings is 1. The molecule has 3 aromatic carbocycles. The number of ether oxygens (including phenoxy) is 2. The van der Waals surface area contributed by atoms with Crippen molar-refractivity contribution in [1.82, 2.24) is 9.55 Å². The Kier molecular flexibility index (Phi) is 7.49. The van der Waals surface area contributed by atoms with Crippen molar-refractivity contribution in [1.29, 1.82) is 0 Å². The number of imidazole rings is 1. The summed E-state index contributed by atoms with van der Waals surface area (Å²) in [7, 11) is 3.08. The van der Waals surface area contributed by atoms with Crippen LogP contribution in [0.25, 0.3) is 22.4 Å². The normalized spacial score (nSPS) is 18.1. The molecule has 0 N–H and O–H groups in total. The predicted molar refractivity (Wildman–Crippen MR) is 165 cm³/mol. The quantitative estimate of drug-likeness (QED) is 0.173. The molecule has 1 fully saturated rings. The summed E-state index contributed by atoms with van der Waals surface area (Å²) in [5, 5.41) is 0. The third-order valence-electron chi connectivity index (χ3n) is 8.43. The van der Waals surface area contributed by atoms with E-state index in [2.05, 4.69) is 70.7 Å². The Morgan fingerprint density at radius 2 is 1.83 bits per heavy atom. The van der Waals surface area contributed by atoms with Gasteiger partial charge in [-0.1, -0.05) is 44.2 Å². The zero-order valence-corrected chi connectivity index (χ0v) is 24.8. The van der Waals surface area contributed by atoms with Crippen molar-refractivity contribution in [2.45, 2.75) is 51.7 Å². The number of carbonyl (C=O) groups excluding carboxylic acids is 2. The molecule has 0 aliphatic carbocycles. The molecule has 0 saturated carbocycles. The van der Waals surface area contributed by atoms with Gasteiger partial charge in [0.15, 0.2) is 0 Å². The number of aromatic nitrogens is 2. The molecule has 218 valence electrons. The van der Waals surface area contributed by atoms with Crippen LogP contribution in [0.3, 0.4) is 0 Å². The highest BCUT2D eigenvalue weighted by Crippen LogP contribution is 2.55. The number of methoxy groups -OCH3 is 2. The number of hydrogen-bond acceptors (Lipinski definition) is 6. The maximum Gasteiger partial charge on any atom is 0.337 e. The van der Waals surface area contributed by atoms with Gasteiger partial charge in [-0.2, -0.15) is 0 Å². The molecule has 1 atom stereocenters. The Balaban J connectivity index is 1.53. The highest BCUT2D eigenvalue weighted by molar-refractivity contribution is 6.04. The summed E-state index contributed by atoms with van der Waals surface area (Å²) in [6.45, 7) is 6.60. The smallest absolute Gasteiger partial charge is 0.337 e. The lowest BCUT2D eigenvalue weighted by atomic mass is 9.87. The van der Waals surface area contributed by atoms with E-state index in [9.17, 15) is 9.59 Å². The van der Waals surface area contributed by atoms with Crippen molar-refractivity contribution in [3.05, 3.63) is 77.9 Å². The first-order chi connectivity index (χ1) is 20.4. The van der Waals surface area contributed by atoms with Crippen molar-refractivity contribution in [2.75, 3.05) is 37.2 Å². The van der Waals surface area contributed by atoms with E-state index in [1.807, 2.05) is 12.1 Å². The van der Waals surface area contributed by atoms with Crippen LogP contribution in [0.5, 0.6) is 0 Å². The first-order valence-corrected chi connectivity index (χ1v) is 14.8. The Hall–Kier alpha value is -4.17. The second kappa shape index (κ2) is 11.2. The van der Waals surface area contributed by atoms with Crippen LogP contribution in [0.2, 0.25) is 0 Å². The SMILES string of the molecule is COCCCn1c(-c2ccc3c(c2)N2C(=O)CCCC2(c2ccccc2)N3CC(C)C)nc2cc(C(=O)OC)ccc21. The van der Waals surface area contributed by atoms with Crippen LogP contribution >= 0.6 is 0 Å². The van der Waals surface area contributed by atoms with Gasteiger partial charge >= 0.3 is 5.97 Å². The van der Waals surface area contributed by atoms with Crippen LogP contribution < -0.4 is 9.80 Å². The molecule has 8 heteroatoms. The largest absolute Gasteiger partial charge is 0.465 e. The van der Waals surface area contributed by atoms with E-state index in [1.165, 1.54) is 7.11 Å². The molecular formula is C34H38N4O4. The topological polar surface area (TPSA) is 76.9 Å². The highest BCUT2D eigenvalue weighted by atomic mass is 16.5. The number of rotatable bonds is 9. The summed E-state index contributed by atoms with van der Waals surface area (Å²) in [4.78, 5) is 35.6. The molecule has 0 radical (unpaired) electrons. The zero-order valence-electron chi connectivity index (χ0n) is 24.8. The minimum absolute atomic E-state index is 0.145. The van der Waals surface area contributed by atoms with Gasteiger partial charge in [0.25, 0.3) is 0 Å². The van der Waals surface area contributed by atoms with E-state index in [4.69, 9.17) is 14.5 Å². The number of carbonyl (C=O) groups is 2. The van der Waals surface area contributed by atoms with Crippen LogP contribution in [0.4, 0.5) is 11.4 Å². The van der Waals surface area contributed by atoms with E-state index < -0.39 is 11.6 Å². The molecule has 42 heavy (non-hydrogen) atoms. The number of esters is 1. The molecule has 2 aliphatic heterocycles. The number of nitrogens with zero attached hydrogens (tertiary/aromatic N) is 4. The summed E-state index contributed by atoms with van der Waals surface area (Å²) >= 11 is 0. The number of anilines is 2. The lowest BCUT2D eigenvalue weighted by Crippen LogP contribution is -2.59. The van der Waals surface area contributed by atoms with E-state index in [0.717, 1.165) is 65.2 Å². The summed E-state index contributed by atoms with van der Waals surface area (Å²) in [5.74, 6) is 0.953. The average Bonchev–Trinajstić information content (AvgIpc) is 3.50. The third-order valence-corrected chi connectivity index (χ3v) is 8.43. The molecule has 3 heterocycles. The van der Waals surface area contributed by atoms with Crippen LogP contribution in [-0.2, 0) is 26.5 Å². The minimum atomic E-state index is -0.560. The second-order valence-corrected chi connectivity index (χ2v) is 11.6. The fraction of sp³-hybridized carbons (Fsp3) is 0.382. The summed E-state index contributed by atoms with van der Waals surface area (Å²) in [6.07, 6.45) is 3.05. The minimum Gasteiger partial charge on any atom is -0.465 e. The molecule has 0 spiro atoms. The molecule has 2 aliphatic rings. The second-order valence-electron chi connectivity index (χ2n) is 11.6. The lowest BCUT2D eigenvalue weighted by molar-refractivity contribution is -0.121. The highest BCUT2D eigenvalue weighted by Gasteiger charge is 2.54. The molecule has 0 bridgehead atoms. The van der Waals surface area contributed by atoms with Crippen LogP contribution in [0.15, 0.2) is 66.7 Å². The number of amides is 1. The number of aryl methyl sites for hydroxylation is 1. The molecule has 8 nitrogen and oxygen atoms in total. The van der Waals surface area contributed by atoms with E-state index in [0.29, 0.717) is 31.1 Å². The number of hydrogen-bond donors (Lipinski definition) is 0. The van der Waals surface area contributed by atoms with Crippen molar-refractivity contribution in [3.8, 4) is 11.4 Å². The first kappa shape index (κ1) is 28.0. The number of fused-ring (bicyclic) bond motifs is 4. The van der Waals surface area contributed by atoms with Gasteiger partial charge in [-0.05, 0) is 67.1 Å². The maximum absolute atomic E-state index is 13.8. The summed E-state index contributed by atoms with van der Waals surface area (Å²) in [5.41, 5.74) is 5.61. The molecule has 1 unspecified atom stereocenters. The Morgan fingerprint density at radius 1 is 1.02 bits per heavy atom. The number of benzene rings is 3. The van der Waals surface area contributed by atoms with Gasteiger partial charge in [0.2, 0.25) is 5.91 Å². The summed E-state index contributed by atoms with van der Waals surface area (Å²) < 4.78 is 12.5. The fourth-order valence-electron chi connectivity index (χ4n) is 6.71. The zero-order chi connectivity index (χ0) is 29.4. The Labute approximate surface area is 246 Å². The molecule has 1 saturated heterocycles. The van der Waals surface area contributed by atoms with Crippen LogP contribution in [0.1, 0.15) is 55.5 Å². The van der Waals surface area contributed by atoms with Crippen molar-refractivity contribution < 1.29 is 19.1 Å². The van der Waals surface area contributed by atoms with Crippen LogP contribution in [0, 0.1) is 5.92 Å². The monoisotopic (exact) mass is 566 g/mol. The van der Waals surface area contributed by atoms with Gasteiger partial charge in [-0.25, -0.2) is 9.78 Å². The Bertz CT molecular complexity index is 1630. The summed E-state index contributed by atoms with van der Waals surface area (Å²) in [6, 6.07) is 22.3. The van der Waals surface area contributed by atoms with Crippen molar-refractivity contribution >= 4 is 34.3 Å². The molecule has 1 aromatic heterocycles. The molecule has 4 aromatic rings. The van der Waals surface area contributed by atoms with Gasteiger partial charge in [0, 0.05) is 38.8 Å². The molecular weight excluding hydrogens is 528 g/mol. The van der Waals surface area contributed by atoms with E-state index in [1.54, 1.807) is 19.2 Å². The van der Waals surface area contributed by atoms with Crippen LogP contribution in [-0.4, -0.2) is 48.8 Å². The third kappa shape index (κ3) is 4.54. The fourth-order valence-corrected chi connectivity index (χ4v) is 6.71.